The summed E-state index contributed by atoms with van der Waals surface area (Å²) in [5.74, 6) is 0.683. The van der Waals surface area contributed by atoms with Crippen molar-refractivity contribution in [1.29, 1.82) is 0 Å². The van der Waals surface area contributed by atoms with Gasteiger partial charge in [-0.2, -0.15) is 0 Å². The molecule has 0 bridgehead atoms. The number of hydrogen-bond donors (Lipinski definition) is 1. The van der Waals surface area contributed by atoms with Crippen LogP contribution >= 0.6 is 11.3 Å². The smallest absolute Gasteiger partial charge is 0.307 e. The molecule has 1 aromatic rings. The highest BCUT2D eigenvalue weighted by atomic mass is 32.1. The van der Waals surface area contributed by atoms with Gasteiger partial charge in [-0.15, -0.1) is 0 Å². The van der Waals surface area contributed by atoms with E-state index in [0.717, 1.165) is 25.3 Å². The van der Waals surface area contributed by atoms with Crippen molar-refractivity contribution in [3.05, 3.63) is 20.7 Å². The number of nitrogens with zero attached hydrogens (tertiary/aromatic N) is 1. The van der Waals surface area contributed by atoms with Crippen molar-refractivity contribution < 1.29 is 0 Å². The van der Waals surface area contributed by atoms with E-state index in [2.05, 4.69) is 5.32 Å². The number of aryl methyl sites for hydroxylation is 1. The number of rotatable bonds is 2. The highest BCUT2D eigenvalue weighted by Crippen LogP contribution is 2.14. The van der Waals surface area contributed by atoms with Gasteiger partial charge in [-0.3, -0.25) is 4.79 Å². The third-order valence-electron chi connectivity index (χ3n) is 2.88. The number of nitrogens with one attached hydrogen (secondary N) is 1. The second kappa shape index (κ2) is 4.28. The Kier molecular flexibility index (Phi) is 3.03. The van der Waals surface area contributed by atoms with E-state index >= 15 is 0 Å². The Morgan fingerprint density at radius 2 is 2.29 bits per heavy atom. The van der Waals surface area contributed by atoms with Crippen LogP contribution in [0.15, 0.2) is 10.2 Å². The normalized spacial score (nSPS) is 18.6. The lowest BCUT2D eigenvalue weighted by Crippen LogP contribution is -2.31. The fourth-order valence-electron chi connectivity index (χ4n) is 1.95. The first-order chi connectivity index (χ1) is 6.77. The van der Waals surface area contributed by atoms with E-state index in [0.29, 0.717) is 5.92 Å². The Morgan fingerprint density at radius 1 is 1.57 bits per heavy atom. The van der Waals surface area contributed by atoms with Crippen LogP contribution in [0.2, 0.25) is 0 Å². The van der Waals surface area contributed by atoms with Gasteiger partial charge in [0.2, 0.25) is 0 Å². The predicted molar refractivity (Wildman–Crippen MR) is 58.9 cm³/mol. The molecule has 14 heavy (non-hydrogen) atoms. The molecule has 1 aromatic heterocycles. The Bertz CT molecular complexity index is 349. The lowest BCUT2D eigenvalue weighted by atomic mass is 9.98. The molecule has 2 rings (SSSR count). The molecular weight excluding hydrogens is 196 g/mol. The van der Waals surface area contributed by atoms with E-state index in [1.807, 2.05) is 16.9 Å². The Morgan fingerprint density at radius 3 is 2.86 bits per heavy atom. The minimum absolute atomic E-state index is 0.195. The molecule has 0 atom stereocenters. The van der Waals surface area contributed by atoms with Gasteiger partial charge in [0.15, 0.2) is 0 Å². The first kappa shape index (κ1) is 9.93. The van der Waals surface area contributed by atoms with Gasteiger partial charge >= 0.3 is 4.87 Å². The van der Waals surface area contributed by atoms with Crippen LogP contribution in [-0.4, -0.2) is 17.7 Å². The minimum atomic E-state index is 0.195. The highest BCUT2D eigenvalue weighted by molar-refractivity contribution is 7.07. The summed E-state index contributed by atoms with van der Waals surface area (Å²) in [6, 6.07) is 0. The largest absolute Gasteiger partial charge is 0.317 e. The van der Waals surface area contributed by atoms with E-state index in [-0.39, 0.29) is 4.87 Å². The standard InChI is InChI=1S/C10H16N2OS/c1-8-7-14-10(13)12(8)6-9-2-4-11-5-3-9/h7,9,11H,2-6H2,1H3. The molecule has 1 aliphatic rings. The zero-order valence-corrected chi connectivity index (χ0v) is 9.27. The van der Waals surface area contributed by atoms with Crippen molar-refractivity contribution >= 4 is 11.3 Å². The Labute approximate surface area is 87.8 Å². The summed E-state index contributed by atoms with van der Waals surface area (Å²) < 4.78 is 1.92. The lowest BCUT2D eigenvalue weighted by Gasteiger charge is -2.23. The van der Waals surface area contributed by atoms with Gasteiger partial charge in [0.1, 0.15) is 0 Å². The fraction of sp³-hybridized carbons (Fsp3) is 0.700. The molecule has 0 unspecified atom stereocenters. The molecule has 4 heteroatoms. The minimum Gasteiger partial charge on any atom is -0.317 e. The molecule has 78 valence electrons. The summed E-state index contributed by atoms with van der Waals surface area (Å²) in [5, 5.41) is 5.29. The summed E-state index contributed by atoms with van der Waals surface area (Å²) in [4.78, 5) is 11.7. The maximum atomic E-state index is 11.5. The van der Waals surface area contributed by atoms with E-state index in [4.69, 9.17) is 0 Å². The molecule has 0 aliphatic carbocycles. The Hall–Kier alpha value is -0.610. The summed E-state index contributed by atoms with van der Waals surface area (Å²) in [6.07, 6.45) is 2.39. The predicted octanol–water partition coefficient (Wildman–Crippen LogP) is 1.22. The van der Waals surface area contributed by atoms with Crippen molar-refractivity contribution in [2.45, 2.75) is 26.3 Å². The molecule has 1 N–H and O–H groups in total. The third-order valence-corrected chi connectivity index (χ3v) is 3.76. The molecule has 0 saturated carbocycles. The second-order valence-electron chi connectivity index (χ2n) is 3.95. The third kappa shape index (κ3) is 2.07. The van der Waals surface area contributed by atoms with E-state index in [1.54, 1.807) is 0 Å². The van der Waals surface area contributed by atoms with Crippen LogP contribution in [0.3, 0.4) is 0 Å². The summed E-state index contributed by atoms with van der Waals surface area (Å²) in [5.41, 5.74) is 1.11. The number of hydrogen-bond acceptors (Lipinski definition) is 3. The van der Waals surface area contributed by atoms with E-state index < -0.39 is 0 Å². The average molecular weight is 212 g/mol. The molecule has 0 radical (unpaired) electrons. The summed E-state index contributed by atoms with van der Waals surface area (Å²) in [6.45, 7) is 5.13. The quantitative estimate of drug-likeness (QED) is 0.799. The molecular formula is C10H16N2OS. The van der Waals surface area contributed by atoms with Crippen LogP contribution in [0, 0.1) is 12.8 Å². The van der Waals surface area contributed by atoms with Crippen molar-refractivity contribution in [2.24, 2.45) is 5.92 Å². The van der Waals surface area contributed by atoms with Gasteiger partial charge in [0.25, 0.3) is 0 Å². The molecule has 0 amide bonds. The van der Waals surface area contributed by atoms with Crippen LogP contribution in [-0.2, 0) is 6.54 Å². The molecule has 3 nitrogen and oxygen atoms in total. The fourth-order valence-corrected chi connectivity index (χ4v) is 2.69. The number of aromatic nitrogens is 1. The van der Waals surface area contributed by atoms with Gasteiger partial charge in [-0.1, -0.05) is 11.3 Å². The van der Waals surface area contributed by atoms with Crippen LogP contribution in [0.4, 0.5) is 0 Å². The first-order valence-corrected chi connectivity index (χ1v) is 6.01. The average Bonchev–Trinajstić information content (AvgIpc) is 2.51. The second-order valence-corrected chi connectivity index (χ2v) is 4.77. The van der Waals surface area contributed by atoms with Crippen molar-refractivity contribution in [1.82, 2.24) is 9.88 Å². The van der Waals surface area contributed by atoms with Crippen molar-refractivity contribution in [3.8, 4) is 0 Å². The van der Waals surface area contributed by atoms with Crippen LogP contribution in [0.25, 0.3) is 0 Å². The topological polar surface area (TPSA) is 34.0 Å². The molecule has 0 spiro atoms. The zero-order valence-electron chi connectivity index (χ0n) is 8.45. The number of thiazole rings is 1. The monoisotopic (exact) mass is 212 g/mol. The molecule has 2 heterocycles. The molecule has 1 aliphatic heterocycles. The molecule has 0 aromatic carbocycles. The van der Waals surface area contributed by atoms with Crippen molar-refractivity contribution in [2.75, 3.05) is 13.1 Å². The lowest BCUT2D eigenvalue weighted by molar-refractivity contribution is 0.329. The van der Waals surface area contributed by atoms with Crippen LogP contribution in [0.1, 0.15) is 18.5 Å². The first-order valence-electron chi connectivity index (χ1n) is 5.13. The van der Waals surface area contributed by atoms with Gasteiger partial charge in [-0.05, 0) is 38.8 Å². The van der Waals surface area contributed by atoms with E-state index in [1.165, 1.54) is 24.2 Å². The summed E-state index contributed by atoms with van der Waals surface area (Å²) >= 11 is 1.31. The molecule has 1 saturated heterocycles. The maximum Gasteiger partial charge on any atom is 0.307 e. The SMILES string of the molecule is Cc1csc(=O)n1CC1CCNCC1. The van der Waals surface area contributed by atoms with Crippen LogP contribution < -0.4 is 10.2 Å². The van der Waals surface area contributed by atoms with Crippen molar-refractivity contribution in [3.63, 3.8) is 0 Å². The summed E-state index contributed by atoms with van der Waals surface area (Å²) in [7, 11) is 0. The zero-order chi connectivity index (χ0) is 9.97. The maximum absolute atomic E-state index is 11.5. The van der Waals surface area contributed by atoms with Crippen LogP contribution in [0.5, 0.6) is 0 Å². The Balaban J connectivity index is 2.06. The van der Waals surface area contributed by atoms with E-state index in [9.17, 15) is 4.79 Å². The van der Waals surface area contributed by atoms with Gasteiger partial charge in [0.05, 0.1) is 0 Å². The van der Waals surface area contributed by atoms with Gasteiger partial charge in [0, 0.05) is 17.6 Å². The number of piperidine rings is 1. The van der Waals surface area contributed by atoms with Gasteiger partial charge in [-0.25, -0.2) is 0 Å². The van der Waals surface area contributed by atoms with Gasteiger partial charge < -0.3 is 9.88 Å². The highest BCUT2D eigenvalue weighted by Gasteiger charge is 2.15. The molecule has 1 fully saturated rings.